The van der Waals surface area contributed by atoms with Crippen LogP contribution < -0.4 is 9.64 Å². The first kappa shape index (κ1) is 27.2. The van der Waals surface area contributed by atoms with Crippen molar-refractivity contribution < 1.29 is 23.9 Å². The average Bonchev–Trinajstić information content (AvgIpc) is 3.65. The number of H-pyrrole nitrogens is 2. The third kappa shape index (κ3) is 4.61. The van der Waals surface area contributed by atoms with Gasteiger partial charge in [0.05, 0.1) is 23.9 Å². The van der Waals surface area contributed by atoms with Crippen LogP contribution in [0.4, 0.5) is 10.5 Å². The Morgan fingerprint density at radius 3 is 2.51 bits per heavy atom. The van der Waals surface area contributed by atoms with Crippen LogP contribution in [0, 0.1) is 13.8 Å². The first-order valence-electron chi connectivity index (χ1n) is 13.6. The van der Waals surface area contributed by atoms with Gasteiger partial charge in [-0.3, -0.25) is 4.79 Å². The molecule has 2 aromatic carbocycles. The molecule has 11 heteroatoms. The lowest BCUT2D eigenvalue weighted by molar-refractivity contribution is 0.0602. The number of aryl methyl sites for hydroxylation is 2. The highest BCUT2D eigenvalue weighted by Gasteiger charge is 2.38. The van der Waals surface area contributed by atoms with Gasteiger partial charge in [0.15, 0.2) is 5.75 Å². The monoisotopic (exact) mass is 577 g/mol. The number of halogens is 1. The summed E-state index contributed by atoms with van der Waals surface area (Å²) in [5.41, 5.74) is 5.09. The number of nitrogens with one attached hydrogen (secondary N) is 2. The molecule has 41 heavy (non-hydrogen) atoms. The number of carbonyl (C=O) groups is 3. The maximum atomic E-state index is 14.0. The zero-order valence-corrected chi connectivity index (χ0v) is 24.2. The number of aromatic nitrogens is 2. The molecule has 4 aromatic rings. The van der Waals surface area contributed by atoms with E-state index in [9.17, 15) is 14.4 Å². The first-order valence-corrected chi connectivity index (χ1v) is 14.1. The molecule has 2 N–H and O–H groups in total. The van der Waals surface area contributed by atoms with E-state index in [1.807, 2.05) is 38.2 Å². The second-order valence-corrected chi connectivity index (χ2v) is 11.2. The molecule has 2 amide bonds. The van der Waals surface area contributed by atoms with E-state index in [-0.39, 0.29) is 23.5 Å². The number of alkyl halides is 1. The Morgan fingerprint density at radius 2 is 1.80 bits per heavy atom. The summed E-state index contributed by atoms with van der Waals surface area (Å²) >= 11 is 6.48. The summed E-state index contributed by atoms with van der Waals surface area (Å²) in [6.45, 7) is 6.65. The van der Waals surface area contributed by atoms with E-state index in [4.69, 9.17) is 21.1 Å². The summed E-state index contributed by atoms with van der Waals surface area (Å²) in [4.78, 5) is 52.2. The van der Waals surface area contributed by atoms with Gasteiger partial charge in [-0.15, -0.1) is 11.6 Å². The number of piperazine rings is 1. The zero-order valence-electron chi connectivity index (χ0n) is 23.5. The highest BCUT2D eigenvalue weighted by atomic mass is 35.5. The van der Waals surface area contributed by atoms with Crippen molar-refractivity contribution in [3.8, 4) is 5.75 Å². The van der Waals surface area contributed by atoms with Crippen LogP contribution in [0.2, 0.25) is 0 Å². The van der Waals surface area contributed by atoms with Gasteiger partial charge in [0, 0.05) is 72.6 Å². The standard InChI is InChI=1S/C30H32ClN5O5/c1-16-5-6-20-18(11-16)12-21(33-20)28(37)36-15-19(14-31)25-22(36)13-23(41-30(39)35-9-7-34(3)8-10-35)27-26(25)24(17(2)32-27)29(38)40-4/h5-6,11-13,19,32-33H,7-10,14-15H2,1-4H3/t19-/m1/s1. The molecule has 1 atom stereocenters. The van der Waals surface area contributed by atoms with Crippen molar-refractivity contribution >= 4 is 57.1 Å². The van der Waals surface area contributed by atoms with Crippen molar-refractivity contribution in [1.29, 1.82) is 0 Å². The van der Waals surface area contributed by atoms with Crippen LogP contribution >= 0.6 is 11.6 Å². The minimum absolute atomic E-state index is 0.225. The molecule has 0 spiro atoms. The van der Waals surface area contributed by atoms with Gasteiger partial charge in [0.1, 0.15) is 5.69 Å². The summed E-state index contributed by atoms with van der Waals surface area (Å²) in [5.74, 6) is -0.562. The van der Waals surface area contributed by atoms with E-state index in [1.165, 1.54) is 7.11 Å². The number of anilines is 1. The summed E-state index contributed by atoms with van der Waals surface area (Å²) in [7, 11) is 3.33. The van der Waals surface area contributed by atoms with Crippen LogP contribution in [0.3, 0.4) is 0 Å². The molecule has 2 aromatic heterocycles. The van der Waals surface area contributed by atoms with Crippen LogP contribution in [0.15, 0.2) is 30.3 Å². The van der Waals surface area contributed by atoms with Crippen LogP contribution in [0.1, 0.15) is 43.6 Å². The number of likely N-dealkylation sites (N-methyl/N-ethyl adjacent to an activating group) is 1. The van der Waals surface area contributed by atoms with E-state index < -0.39 is 12.1 Å². The fourth-order valence-corrected chi connectivity index (χ4v) is 6.20. The van der Waals surface area contributed by atoms with Crippen LogP contribution in [0.5, 0.6) is 5.75 Å². The Labute approximate surface area is 242 Å². The molecule has 0 bridgehead atoms. The first-order chi connectivity index (χ1) is 19.7. The fraction of sp³-hybridized carbons (Fsp3) is 0.367. The molecule has 2 aliphatic heterocycles. The minimum atomic E-state index is -0.525. The molecule has 214 valence electrons. The van der Waals surface area contributed by atoms with E-state index in [0.717, 1.165) is 35.1 Å². The maximum Gasteiger partial charge on any atom is 0.415 e. The number of fused-ring (bicyclic) bond motifs is 4. The Hall–Kier alpha value is -4.02. The number of methoxy groups -OCH3 is 1. The Bertz CT molecular complexity index is 1700. The highest BCUT2D eigenvalue weighted by Crippen LogP contribution is 2.48. The summed E-state index contributed by atoms with van der Waals surface area (Å²) < 4.78 is 11.1. The van der Waals surface area contributed by atoms with Gasteiger partial charge in [-0.05, 0) is 44.7 Å². The largest absolute Gasteiger partial charge is 0.465 e. The van der Waals surface area contributed by atoms with Gasteiger partial charge in [0.25, 0.3) is 5.91 Å². The van der Waals surface area contributed by atoms with Crippen molar-refractivity contribution in [1.82, 2.24) is 19.8 Å². The summed E-state index contributed by atoms with van der Waals surface area (Å²) in [5, 5.41) is 1.49. The highest BCUT2D eigenvalue weighted by molar-refractivity contribution is 6.20. The maximum absolute atomic E-state index is 14.0. The molecular weight excluding hydrogens is 546 g/mol. The molecule has 10 nitrogen and oxygen atoms in total. The second-order valence-electron chi connectivity index (χ2n) is 10.9. The second kappa shape index (κ2) is 10.4. The van der Waals surface area contributed by atoms with Crippen molar-refractivity contribution in [2.75, 3.05) is 57.7 Å². The number of hydrogen-bond donors (Lipinski definition) is 2. The Kier molecular flexibility index (Phi) is 6.91. The van der Waals surface area contributed by atoms with Crippen molar-refractivity contribution in [2.45, 2.75) is 19.8 Å². The van der Waals surface area contributed by atoms with Gasteiger partial charge in [-0.25, -0.2) is 9.59 Å². The van der Waals surface area contributed by atoms with Crippen molar-refractivity contribution in [3.05, 3.63) is 58.4 Å². The van der Waals surface area contributed by atoms with Crippen molar-refractivity contribution in [2.24, 2.45) is 0 Å². The number of rotatable bonds is 4. The van der Waals surface area contributed by atoms with Gasteiger partial charge in [0.2, 0.25) is 0 Å². The topological polar surface area (TPSA) is 111 Å². The number of carbonyl (C=O) groups excluding carboxylic acids is 3. The molecule has 0 saturated carbocycles. The minimum Gasteiger partial charge on any atom is -0.465 e. The predicted octanol–water partition coefficient (Wildman–Crippen LogP) is 4.78. The lowest BCUT2D eigenvalue weighted by Crippen LogP contribution is -2.48. The number of nitrogens with zero attached hydrogens (tertiary/aromatic N) is 3. The molecule has 2 aliphatic rings. The number of hydrogen-bond acceptors (Lipinski definition) is 6. The van der Waals surface area contributed by atoms with Gasteiger partial charge in [-0.2, -0.15) is 0 Å². The molecular formula is C30H32ClN5O5. The smallest absolute Gasteiger partial charge is 0.415 e. The lowest BCUT2D eigenvalue weighted by atomic mass is 9.95. The number of ether oxygens (including phenoxy) is 2. The Balaban J connectivity index is 1.49. The van der Waals surface area contributed by atoms with E-state index in [2.05, 4.69) is 14.9 Å². The molecule has 0 unspecified atom stereocenters. The average molecular weight is 578 g/mol. The zero-order chi connectivity index (χ0) is 29.0. The third-order valence-electron chi connectivity index (χ3n) is 8.14. The van der Waals surface area contributed by atoms with E-state index in [1.54, 1.807) is 22.8 Å². The third-order valence-corrected chi connectivity index (χ3v) is 8.51. The number of esters is 1. The Morgan fingerprint density at radius 1 is 1.05 bits per heavy atom. The van der Waals surface area contributed by atoms with Crippen LogP contribution in [-0.2, 0) is 4.74 Å². The van der Waals surface area contributed by atoms with Gasteiger partial charge < -0.3 is 34.1 Å². The van der Waals surface area contributed by atoms with Gasteiger partial charge >= 0.3 is 12.1 Å². The van der Waals surface area contributed by atoms with Crippen molar-refractivity contribution in [3.63, 3.8) is 0 Å². The van der Waals surface area contributed by atoms with E-state index >= 15 is 0 Å². The number of benzene rings is 2. The summed E-state index contributed by atoms with van der Waals surface area (Å²) in [6, 6.07) is 9.51. The normalized spacial score (nSPS) is 17.3. The summed E-state index contributed by atoms with van der Waals surface area (Å²) in [6.07, 6.45) is -0.484. The molecule has 6 rings (SSSR count). The molecule has 1 fully saturated rings. The predicted molar refractivity (Wildman–Crippen MR) is 158 cm³/mol. The molecule has 0 aliphatic carbocycles. The van der Waals surface area contributed by atoms with Crippen LogP contribution in [-0.4, -0.2) is 90.5 Å². The fourth-order valence-electron chi connectivity index (χ4n) is 5.94. The quantitative estimate of drug-likeness (QED) is 0.267. The SMILES string of the molecule is COC(=O)c1c(C)[nH]c2c(OC(=O)N3CCN(C)CC3)cc3c(c12)[C@H](CCl)CN3C(=O)c1cc2cc(C)ccc2[nH]1. The number of amides is 2. The molecule has 0 radical (unpaired) electrons. The van der Waals surface area contributed by atoms with Gasteiger partial charge in [-0.1, -0.05) is 11.6 Å². The molecule has 4 heterocycles. The number of aromatic amines is 2. The lowest BCUT2D eigenvalue weighted by Gasteiger charge is -2.31. The van der Waals surface area contributed by atoms with E-state index in [0.29, 0.717) is 53.2 Å². The van der Waals surface area contributed by atoms with Crippen LogP contribution in [0.25, 0.3) is 21.8 Å². The molecule has 1 saturated heterocycles.